The minimum Gasteiger partial charge on any atom is -0.462 e. The number of unbranched alkanes of at least 4 members (excludes halogenated alkanes) is 23. The quantitative estimate of drug-likeness (QED) is 0.0217. The van der Waals surface area contributed by atoms with Crippen molar-refractivity contribution in [2.24, 2.45) is 0 Å². The number of rotatable bonds is 39. The van der Waals surface area contributed by atoms with Gasteiger partial charge in [0.1, 0.15) is 19.8 Å². The number of allylic oxidation sites excluding steroid dienone is 2. The third-order valence-corrected chi connectivity index (χ3v) is 10.3. The molecule has 9 nitrogen and oxygen atoms in total. The van der Waals surface area contributed by atoms with E-state index in [2.05, 4.69) is 26.0 Å². The summed E-state index contributed by atoms with van der Waals surface area (Å²) in [5.41, 5.74) is 0. The molecule has 1 N–H and O–H groups in total. The van der Waals surface area contributed by atoms with Gasteiger partial charge in [0.05, 0.1) is 27.7 Å². The molecule has 0 fully saturated rings. The largest absolute Gasteiger partial charge is 0.472 e. The molecule has 0 radical (unpaired) electrons. The highest BCUT2D eigenvalue weighted by molar-refractivity contribution is 7.47. The highest BCUT2D eigenvalue weighted by Crippen LogP contribution is 2.43. The van der Waals surface area contributed by atoms with E-state index in [-0.39, 0.29) is 32.0 Å². The maximum Gasteiger partial charge on any atom is 0.472 e. The first-order valence-corrected chi connectivity index (χ1v) is 22.9. The number of quaternary nitrogens is 1. The van der Waals surface area contributed by atoms with Crippen molar-refractivity contribution in [1.29, 1.82) is 0 Å². The molecular weight excluding hydrogens is 677 g/mol. The van der Waals surface area contributed by atoms with Crippen LogP contribution in [0.3, 0.4) is 0 Å². The van der Waals surface area contributed by atoms with E-state index in [1.54, 1.807) is 0 Å². The number of ether oxygens (including phenoxy) is 2. The number of carbonyl (C=O) groups is 2. The van der Waals surface area contributed by atoms with Crippen molar-refractivity contribution in [2.75, 3.05) is 47.5 Å². The second-order valence-electron chi connectivity index (χ2n) is 15.7. The zero-order chi connectivity index (χ0) is 38.6. The number of esters is 2. The van der Waals surface area contributed by atoms with Gasteiger partial charge in [-0.05, 0) is 38.5 Å². The lowest BCUT2D eigenvalue weighted by atomic mass is 10.0. The van der Waals surface area contributed by atoms with Gasteiger partial charge in [-0.15, -0.1) is 0 Å². The number of carbonyl (C=O) groups excluding carboxylic acids is 2. The number of phosphoric acid groups is 1. The smallest absolute Gasteiger partial charge is 0.462 e. The van der Waals surface area contributed by atoms with Gasteiger partial charge < -0.3 is 18.9 Å². The topological polar surface area (TPSA) is 108 Å². The van der Waals surface area contributed by atoms with Gasteiger partial charge in [0.25, 0.3) is 0 Å². The maximum atomic E-state index is 12.6. The van der Waals surface area contributed by atoms with Crippen LogP contribution in [-0.4, -0.2) is 74.9 Å². The molecule has 0 aliphatic carbocycles. The van der Waals surface area contributed by atoms with Gasteiger partial charge in [0.2, 0.25) is 0 Å². The molecule has 2 atom stereocenters. The molecule has 0 heterocycles. The molecule has 0 aliphatic rings. The van der Waals surface area contributed by atoms with Crippen LogP contribution in [0.15, 0.2) is 12.2 Å². The lowest BCUT2D eigenvalue weighted by molar-refractivity contribution is -0.870. The van der Waals surface area contributed by atoms with Crippen molar-refractivity contribution < 1.29 is 42.1 Å². The second kappa shape index (κ2) is 35.5. The predicted octanol–water partition coefficient (Wildman–Crippen LogP) is 11.8. The SMILES string of the molecule is CCCCCC/C=C/CCCCCCCCCC(=O)OC[C@H](COP(=O)(O)OCC[N+](C)(C)C)OC(=O)CCCCCCCCCCCCCCC. The number of hydrogen-bond donors (Lipinski definition) is 1. The van der Waals surface area contributed by atoms with Gasteiger partial charge >= 0.3 is 19.8 Å². The first-order valence-electron chi connectivity index (χ1n) is 21.4. The monoisotopic (exact) mass is 761 g/mol. The summed E-state index contributed by atoms with van der Waals surface area (Å²) >= 11 is 0. The Morgan fingerprint density at radius 2 is 0.981 bits per heavy atom. The highest BCUT2D eigenvalue weighted by atomic mass is 31.2. The normalized spacial score (nSPS) is 13.7. The van der Waals surface area contributed by atoms with E-state index in [1.807, 2.05) is 21.1 Å². The molecule has 0 aromatic carbocycles. The van der Waals surface area contributed by atoms with E-state index in [1.165, 1.54) is 128 Å². The molecule has 0 aromatic heterocycles. The van der Waals surface area contributed by atoms with Crippen molar-refractivity contribution >= 4 is 19.8 Å². The third-order valence-electron chi connectivity index (χ3n) is 9.30. The first kappa shape index (κ1) is 50.8. The van der Waals surface area contributed by atoms with Gasteiger partial charge in [-0.25, -0.2) is 4.57 Å². The lowest BCUT2D eigenvalue weighted by Crippen LogP contribution is -2.37. The zero-order valence-corrected chi connectivity index (χ0v) is 35.5. The van der Waals surface area contributed by atoms with Crippen LogP contribution in [0, 0.1) is 0 Å². The molecule has 0 amide bonds. The Morgan fingerprint density at radius 3 is 1.44 bits per heavy atom. The molecule has 0 aliphatic heterocycles. The first-order chi connectivity index (χ1) is 25.0. The van der Waals surface area contributed by atoms with Crippen LogP contribution in [0.4, 0.5) is 0 Å². The van der Waals surface area contributed by atoms with Crippen LogP contribution in [0.5, 0.6) is 0 Å². The van der Waals surface area contributed by atoms with E-state index in [0.29, 0.717) is 17.4 Å². The zero-order valence-electron chi connectivity index (χ0n) is 34.6. The van der Waals surface area contributed by atoms with Crippen LogP contribution in [0.25, 0.3) is 0 Å². The summed E-state index contributed by atoms with van der Waals surface area (Å²) < 4.78 is 34.3. The van der Waals surface area contributed by atoms with Crippen LogP contribution in [0.1, 0.15) is 194 Å². The standard InChI is InChI=1S/C42H82NO8P/c1-6-8-10-12-14-16-18-20-21-23-24-26-28-30-32-34-41(44)48-38-40(39-50-52(46,47)49-37-36-43(3,4)5)51-42(45)35-33-31-29-27-25-22-19-17-15-13-11-9-7-2/h16,18,40H,6-15,17,19-39H2,1-5H3/p+1/b18-16+/t40-/m1/s1. The summed E-state index contributed by atoms with van der Waals surface area (Å²) in [6, 6.07) is 0. The Morgan fingerprint density at radius 1 is 0.577 bits per heavy atom. The fraction of sp³-hybridized carbons (Fsp3) is 0.905. The molecule has 0 aromatic rings. The summed E-state index contributed by atoms with van der Waals surface area (Å²) in [5, 5.41) is 0. The molecule has 0 spiro atoms. The Balaban J connectivity index is 4.36. The summed E-state index contributed by atoms with van der Waals surface area (Å²) in [6.45, 7) is 4.42. The average Bonchev–Trinajstić information content (AvgIpc) is 3.09. The molecular formula is C42H83NO8P+. The van der Waals surface area contributed by atoms with Gasteiger partial charge in [-0.2, -0.15) is 0 Å². The van der Waals surface area contributed by atoms with Crippen LogP contribution < -0.4 is 0 Å². The number of phosphoric ester groups is 1. The number of hydrogen-bond acceptors (Lipinski definition) is 7. The van der Waals surface area contributed by atoms with Crippen molar-refractivity contribution in [3.63, 3.8) is 0 Å². The van der Waals surface area contributed by atoms with E-state index >= 15 is 0 Å². The van der Waals surface area contributed by atoms with E-state index in [4.69, 9.17) is 18.5 Å². The fourth-order valence-corrected chi connectivity index (χ4v) is 6.63. The Hall–Kier alpha value is -1.25. The van der Waals surface area contributed by atoms with Crippen molar-refractivity contribution in [3.8, 4) is 0 Å². The van der Waals surface area contributed by atoms with E-state index in [0.717, 1.165) is 32.1 Å². The lowest BCUT2D eigenvalue weighted by Gasteiger charge is -2.24. The third kappa shape index (κ3) is 38.5. The van der Waals surface area contributed by atoms with Crippen molar-refractivity contribution in [2.45, 2.75) is 200 Å². The number of likely N-dealkylation sites (N-methyl/N-ethyl adjacent to an activating group) is 1. The predicted molar refractivity (Wildman–Crippen MR) is 215 cm³/mol. The Labute approximate surface area is 320 Å². The fourth-order valence-electron chi connectivity index (χ4n) is 5.89. The minimum atomic E-state index is -4.37. The van der Waals surface area contributed by atoms with Crippen LogP contribution in [-0.2, 0) is 32.7 Å². The maximum absolute atomic E-state index is 12.6. The molecule has 0 rings (SSSR count). The van der Waals surface area contributed by atoms with E-state index < -0.39 is 26.5 Å². The molecule has 10 heteroatoms. The molecule has 0 saturated carbocycles. The average molecular weight is 761 g/mol. The van der Waals surface area contributed by atoms with E-state index in [9.17, 15) is 19.0 Å². The van der Waals surface area contributed by atoms with Gasteiger partial charge in [-0.1, -0.05) is 154 Å². The number of nitrogens with zero attached hydrogens (tertiary/aromatic N) is 1. The molecule has 52 heavy (non-hydrogen) atoms. The molecule has 308 valence electrons. The van der Waals surface area contributed by atoms with Crippen LogP contribution >= 0.6 is 7.82 Å². The van der Waals surface area contributed by atoms with Gasteiger partial charge in [0.15, 0.2) is 6.10 Å². The Bertz CT molecular complexity index is 907. The van der Waals surface area contributed by atoms with Crippen molar-refractivity contribution in [1.82, 2.24) is 0 Å². The van der Waals surface area contributed by atoms with Crippen LogP contribution in [0.2, 0.25) is 0 Å². The Kier molecular flexibility index (Phi) is 34.6. The molecule has 0 saturated heterocycles. The minimum absolute atomic E-state index is 0.0341. The second-order valence-corrected chi connectivity index (χ2v) is 17.2. The summed E-state index contributed by atoms with van der Waals surface area (Å²) in [4.78, 5) is 35.3. The van der Waals surface area contributed by atoms with Gasteiger partial charge in [0, 0.05) is 12.8 Å². The molecule has 1 unspecified atom stereocenters. The summed E-state index contributed by atoms with van der Waals surface area (Å²) in [5.74, 6) is -0.796. The summed E-state index contributed by atoms with van der Waals surface area (Å²) in [6.07, 6.45) is 35.3. The summed E-state index contributed by atoms with van der Waals surface area (Å²) in [7, 11) is 1.48. The van der Waals surface area contributed by atoms with Gasteiger partial charge in [-0.3, -0.25) is 18.6 Å². The molecule has 0 bridgehead atoms. The highest BCUT2D eigenvalue weighted by Gasteiger charge is 2.27. The van der Waals surface area contributed by atoms with Crippen molar-refractivity contribution in [3.05, 3.63) is 12.2 Å².